The summed E-state index contributed by atoms with van der Waals surface area (Å²) in [6.07, 6.45) is 0. The van der Waals surface area contributed by atoms with Crippen molar-refractivity contribution in [1.82, 2.24) is 9.97 Å². The van der Waals surface area contributed by atoms with E-state index in [4.69, 9.17) is 4.74 Å². The van der Waals surface area contributed by atoms with Gasteiger partial charge in [0.1, 0.15) is 5.82 Å². The fourth-order valence-electron chi connectivity index (χ4n) is 3.44. The lowest BCUT2D eigenvalue weighted by atomic mass is 10.1. The number of aryl methyl sites for hydroxylation is 3. The van der Waals surface area contributed by atoms with Gasteiger partial charge in [0, 0.05) is 30.5 Å². The van der Waals surface area contributed by atoms with Crippen molar-refractivity contribution in [3.8, 4) is 0 Å². The Morgan fingerprint density at radius 2 is 1.66 bits per heavy atom. The van der Waals surface area contributed by atoms with Gasteiger partial charge in [-0.15, -0.1) is 0 Å². The van der Waals surface area contributed by atoms with Gasteiger partial charge >= 0.3 is 0 Å². The molecule has 2 N–H and O–H groups in total. The first-order valence-electron chi connectivity index (χ1n) is 9.97. The van der Waals surface area contributed by atoms with Gasteiger partial charge in [0.25, 0.3) is 0 Å². The molecule has 0 atom stereocenters. The van der Waals surface area contributed by atoms with E-state index in [2.05, 4.69) is 75.7 Å². The first kappa shape index (κ1) is 19.2. The van der Waals surface area contributed by atoms with Crippen LogP contribution >= 0.6 is 0 Å². The SMILES string of the molecule is Cc1cc(Nc2ccc(C)c(C)c2)nc(Nc2ccccc2N2CCOCC2)n1. The first-order chi connectivity index (χ1) is 14.1. The van der Waals surface area contributed by atoms with E-state index in [0.717, 1.165) is 54.9 Å². The van der Waals surface area contributed by atoms with Gasteiger partial charge in [0.05, 0.1) is 24.6 Å². The lowest BCUT2D eigenvalue weighted by molar-refractivity contribution is 0.123. The Labute approximate surface area is 172 Å². The Morgan fingerprint density at radius 1 is 0.862 bits per heavy atom. The molecule has 1 aromatic heterocycles. The van der Waals surface area contributed by atoms with Gasteiger partial charge < -0.3 is 20.3 Å². The van der Waals surface area contributed by atoms with Crippen molar-refractivity contribution in [2.45, 2.75) is 20.8 Å². The van der Waals surface area contributed by atoms with Crippen LogP contribution in [0, 0.1) is 20.8 Å². The standard InChI is InChI=1S/C23H27N5O/c1-16-8-9-19(14-17(16)2)25-22-15-18(3)24-23(27-22)26-20-6-4-5-7-21(20)28-10-12-29-13-11-28/h4-9,14-15H,10-13H2,1-3H3,(H2,24,25,26,27). The minimum atomic E-state index is 0.581. The zero-order valence-corrected chi connectivity index (χ0v) is 17.2. The van der Waals surface area contributed by atoms with E-state index in [-0.39, 0.29) is 0 Å². The molecule has 1 aliphatic heterocycles. The second-order valence-electron chi connectivity index (χ2n) is 7.38. The van der Waals surface area contributed by atoms with Gasteiger partial charge in [0.2, 0.25) is 5.95 Å². The van der Waals surface area contributed by atoms with E-state index in [0.29, 0.717) is 5.95 Å². The van der Waals surface area contributed by atoms with Crippen LogP contribution in [0.5, 0.6) is 0 Å². The number of anilines is 5. The average Bonchev–Trinajstić information content (AvgIpc) is 2.71. The highest BCUT2D eigenvalue weighted by molar-refractivity contribution is 5.74. The number of benzene rings is 2. The van der Waals surface area contributed by atoms with Crippen LogP contribution in [-0.2, 0) is 4.74 Å². The summed E-state index contributed by atoms with van der Waals surface area (Å²) >= 11 is 0. The van der Waals surface area contributed by atoms with Crippen LogP contribution in [0.25, 0.3) is 0 Å². The van der Waals surface area contributed by atoms with E-state index >= 15 is 0 Å². The minimum Gasteiger partial charge on any atom is -0.378 e. The van der Waals surface area contributed by atoms with Crippen molar-refractivity contribution in [1.29, 1.82) is 0 Å². The van der Waals surface area contributed by atoms with Crippen molar-refractivity contribution in [3.63, 3.8) is 0 Å². The summed E-state index contributed by atoms with van der Waals surface area (Å²) < 4.78 is 5.49. The number of rotatable bonds is 5. The highest BCUT2D eigenvalue weighted by atomic mass is 16.5. The Balaban J connectivity index is 1.57. The summed E-state index contributed by atoms with van der Waals surface area (Å²) in [6.45, 7) is 9.47. The number of aromatic nitrogens is 2. The monoisotopic (exact) mass is 389 g/mol. The molecule has 2 heterocycles. The molecule has 2 aromatic carbocycles. The Hall–Kier alpha value is -3.12. The zero-order valence-electron chi connectivity index (χ0n) is 17.2. The minimum absolute atomic E-state index is 0.581. The van der Waals surface area contributed by atoms with Crippen molar-refractivity contribution >= 4 is 28.8 Å². The van der Waals surface area contributed by atoms with Crippen molar-refractivity contribution < 1.29 is 4.74 Å². The fourth-order valence-corrected chi connectivity index (χ4v) is 3.44. The maximum atomic E-state index is 5.49. The van der Waals surface area contributed by atoms with Crippen LogP contribution in [-0.4, -0.2) is 36.3 Å². The van der Waals surface area contributed by atoms with Crippen LogP contribution in [0.4, 0.5) is 28.8 Å². The molecular formula is C23H27N5O. The second-order valence-corrected chi connectivity index (χ2v) is 7.38. The number of hydrogen-bond acceptors (Lipinski definition) is 6. The van der Waals surface area contributed by atoms with Gasteiger partial charge in [-0.25, -0.2) is 4.98 Å². The summed E-state index contributed by atoms with van der Waals surface area (Å²) in [5.41, 5.74) is 6.58. The van der Waals surface area contributed by atoms with Crippen LogP contribution in [0.15, 0.2) is 48.5 Å². The number of hydrogen-bond donors (Lipinski definition) is 2. The Kier molecular flexibility index (Phi) is 5.62. The number of nitrogens with zero attached hydrogens (tertiary/aromatic N) is 3. The predicted molar refractivity (Wildman–Crippen MR) is 119 cm³/mol. The maximum Gasteiger partial charge on any atom is 0.229 e. The largest absolute Gasteiger partial charge is 0.378 e. The van der Waals surface area contributed by atoms with Crippen LogP contribution < -0.4 is 15.5 Å². The molecule has 1 saturated heterocycles. The summed E-state index contributed by atoms with van der Waals surface area (Å²) in [5.74, 6) is 1.35. The summed E-state index contributed by atoms with van der Waals surface area (Å²) in [6, 6.07) is 16.5. The maximum absolute atomic E-state index is 5.49. The first-order valence-corrected chi connectivity index (χ1v) is 9.97. The molecule has 6 heteroatoms. The topological polar surface area (TPSA) is 62.3 Å². The lowest BCUT2D eigenvalue weighted by Gasteiger charge is -2.30. The normalized spacial score (nSPS) is 14.0. The molecule has 4 rings (SSSR count). The van der Waals surface area contributed by atoms with Gasteiger partial charge in [0.15, 0.2) is 0 Å². The number of ether oxygens (including phenoxy) is 1. The smallest absolute Gasteiger partial charge is 0.229 e. The number of nitrogens with one attached hydrogen (secondary N) is 2. The molecule has 0 amide bonds. The second kappa shape index (κ2) is 8.49. The molecule has 0 bridgehead atoms. The van der Waals surface area contributed by atoms with Gasteiger partial charge in [-0.05, 0) is 56.2 Å². The Bertz CT molecular complexity index is 998. The van der Waals surface area contributed by atoms with E-state index in [1.165, 1.54) is 11.1 Å². The van der Waals surface area contributed by atoms with E-state index in [9.17, 15) is 0 Å². The molecule has 1 aliphatic rings. The van der Waals surface area contributed by atoms with Crippen LogP contribution in [0.3, 0.4) is 0 Å². The Morgan fingerprint density at radius 3 is 2.45 bits per heavy atom. The lowest BCUT2D eigenvalue weighted by Crippen LogP contribution is -2.36. The molecule has 0 aliphatic carbocycles. The molecule has 3 aromatic rings. The third-order valence-electron chi connectivity index (χ3n) is 5.14. The molecule has 150 valence electrons. The number of para-hydroxylation sites is 2. The van der Waals surface area contributed by atoms with E-state index in [1.807, 2.05) is 19.1 Å². The van der Waals surface area contributed by atoms with Crippen molar-refractivity contribution in [2.24, 2.45) is 0 Å². The molecular weight excluding hydrogens is 362 g/mol. The molecule has 0 spiro atoms. The van der Waals surface area contributed by atoms with Gasteiger partial charge in [-0.1, -0.05) is 18.2 Å². The third kappa shape index (κ3) is 4.66. The average molecular weight is 390 g/mol. The number of morpholine rings is 1. The summed E-state index contributed by atoms with van der Waals surface area (Å²) in [5, 5.41) is 6.81. The fraction of sp³-hybridized carbons (Fsp3) is 0.304. The quantitative estimate of drug-likeness (QED) is 0.658. The zero-order chi connectivity index (χ0) is 20.2. The molecule has 6 nitrogen and oxygen atoms in total. The summed E-state index contributed by atoms with van der Waals surface area (Å²) in [4.78, 5) is 11.6. The molecule has 1 fully saturated rings. The van der Waals surface area contributed by atoms with Crippen molar-refractivity contribution in [2.75, 3.05) is 41.8 Å². The molecule has 0 radical (unpaired) electrons. The van der Waals surface area contributed by atoms with Gasteiger partial charge in [-0.2, -0.15) is 4.98 Å². The van der Waals surface area contributed by atoms with E-state index < -0.39 is 0 Å². The molecule has 0 saturated carbocycles. The van der Waals surface area contributed by atoms with Crippen molar-refractivity contribution in [3.05, 3.63) is 65.4 Å². The van der Waals surface area contributed by atoms with Crippen LogP contribution in [0.2, 0.25) is 0 Å². The third-order valence-corrected chi connectivity index (χ3v) is 5.14. The highest BCUT2D eigenvalue weighted by Crippen LogP contribution is 2.29. The van der Waals surface area contributed by atoms with E-state index in [1.54, 1.807) is 0 Å². The highest BCUT2D eigenvalue weighted by Gasteiger charge is 2.15. The van der Waals surface area contributed by atoms with Crippen LogP contribution in [0.1, 0.15) is 16.8 Å². The molecule has 29 heavy (non-hydrogen) atoms. The van der Waals surface area contributed by atoms with Gasteiger partial charge in [-0.3, -0.25) is 0 Å². The summed E-state index contributed by atoms with van der Waals surface area (Å²) in [7, 11) is 0. The predicted octanol–water partition coefficient (Wildman–Crippen LogP) is 4.73. The molecule has 0 unspecified atom stereocenters.